The van der Waals surface area contributed by atoms with Gasteiger partial charge in [0.25, 0.3) is 0 Å². The van der Waals surface area contributed by atoms with E-state index in [9.17, 15) is 8.42 Å². The minimum atomic E-state index is -2.84. The lowest BCUT2D eigenvalue weighted by Gasteiger charge is -2.15. The molecule has 21 heavy (non-hydrogen) atoms. The third-order valence-electron chi connectivity index (χ3n) is 3.38. The fourth-order valence-corrected chi connectivity index (χ4v) is 3.95. The summed E-state index contributed by atoms with van der Waals surface area (Å²) in [5.41, 5.74) is 0. The Morgan fingerprint density at radius 1 is 1.33 bits per heavy atom. The van der Waals surface area contributed by atoms with Crippen LogP contribution in [0.3, 0.4) is 0 Å². The highest BCUT2D eigenvalue weighted by molar-refractivity contribution is 14.0. The molecule has 0 radical (unpaired) electrons. The van der Waals surface area contributed by atoms with Crippen molar-refractivity contribution < 1.29 is 8.42 Å². The molecule has 0 aromatic carbocycles. The topological polar surface area (TPSA) is 70.6 Å². The van der Waals surface area contributed by atoms with Gasteiger partial charge in [-0.1, -0.05) is 26.7 Å². The summed E-state index contributed by atoms with van der Waals surface area (Å²) in [6.07, 6.45) is 4.19. The molecule has 0 aromatic heterocycles. The van der Waals surface area contributed by atoms with Crippen LogP contribution in [0.25, 0.3) is 0 Å². The average molecular weight is 431 g/mol. The first-order valence-electron chi connectivity index (χ1n) is 7.68. The van der Waals surface area contributed by atoms with E-state index < -0.39 is 9.84 Å². The number of hydrogen-bond donors (Lipinski definition) is 2. The second-order valence-electron chi connectivity index (χ2n) is 5.89. The van der Waals surface area contributed by atoms with Crippen molar-refractivity contribution in [2.75, 3.05) is 24.6 Å². The third-order valence-corrected chi connectivity index (χ3v) is 5.14. The minimum Gasteiger partial charge on any atom is -0.357 e. The number of nitrogens with one attached hydrogen (secondary N) is 2. The van der Waals surface area contributed by atoms with Crippen LogP contribution >= 0.6 is 24.0 Å². The van der Waals surface area contributed by atoms with E-state index in [-0.39, 0.29) is 35.8 Å². The van der Waals surface area contributed by atoms with Crippen molar-refractivity contribution in [2.45, 2.75) is 52.5 Å². The summed E-state index contributed by atoms with van der Waals surface area (Å²) in [6.45, 7) is 8.06. The first-order valence-corrected chi connectivity index (χ1v) is 9.50. The molecule has 5 nitrogen and oxygen atoms in total. The lowest BCUT2D eigenvalue weighted by molar-refractivity contribution is 0.540. The number of aliphatic imine (C=N–C) groups is 1. The van der Waals surface area contributed by atoms with Crippen LogP contribution in [0, 0.1) is 5.92 Å². The maximum atomic E-state index is 11.4. The standard InChI is InChI=1S/C14H29N3O2S.HI/c1-4-15-14(16-9-6-5-7-12(2)3)17-13-8-10-20(18,19)11-13;/h12-13H,4-11H2,1-3H3,(H2,15,16,17);1H. The molecule has 1 atom stereocenters. The average Bonchev–Trinajstić information content (AvgIpc) is 2.68. The van der Waals surface area contributed by atoms with Gasteiger partial charge in [-0.05, 0) is 25.7 Å². The number of nitrogens with zero attached hydrogens (tertiary/aromatic N) is 1. The van der Waals surface area contributed by atoms with Gasteiger partial charge in [0.05, 0.1) is 11.5 Å². The summed E-state index contributed by atoms with van der Waals surface area (Å²) in [4.78, 5) is 4.52. The van der Waals surface area contributed by atoms with E-state index >= 15 is 0 Å². The van der Waals surface area contributed by atoms with E-state index in [0.29, 0.717) is 12.2 Å². The van der Waals surface area contributed by atoms with E-state index in [1.54, 1.807) is 0 Å². The van der Waals surface area contributed by atoms with Gasteiger partial charge >= 0.3 is 0 Å². The van der Waals surface area contributed by atoms with Gasteiger partial charge in [0, 0.05) is 19.1 Å². The normalized spacial score (nSPS) is 21.1. The minimum absolute atomic E-state index is 0. The largest absolute Gasteiger partial charge is 0.357 e. The van der Waals surface area contributed by atoms with Gasteiger partial charge in [-0.15, -0.1) is 24.0 Å². The van der Waals surface area contributed by atoms with Crippen LogP contribution in [0.2, 0.25) is 0 Å². The molecule has 0 saturated carbocycles. The van der Waals surface area contributed by atoms with Gasteiger partial charge in [-0.25, -0.2) is 8.42 Å². The summed E-state index contributed by atoms with van der Waals surface area (Å²) >= 11 is 0. The molecule has 1 saturated heterocycles. The quantitative estimate of drug-likeness (QED) is 0.281. The summed E-state index contributed by atoms with van der Waals surface area (Å²) < 4.78 is 22.9. The van der Waals surface area contributed by atoms with Crippen LogP contribution in [0.15, 0.2) is 4.99 Å². The van der Waals surface area contributed by atoms with Crippen LogP contribution in [-0.4, -0.2) is 45.0 Å². The maximum absolute atomic E-state index is 11.4. The van der Waals surface area contributed by atoms with Crippen molar-refractivity contribution in [1.29, 1.82) is 0 Å². The van der Waals surface area contributed by atoms with E-state index in [1.807, 2.05) is 6.92 Å². The Morgan fingerprint density at radius 2 is 2.05 bits per heavy atom. The van der Waals surface area contributed by atoms with Crippen molar-refractivity contribution in [3.05, 3.63) is 0 Å². The smallest absolute Gasteiger partial charge is 0.191 e. The van der Waals surface area contributed by atoms with Gasteiger partial charge in [0.1, 0.15) is 0 Å². The van der Waals surface area contributed by atoms with E-state index in [1.165, 1.54) is 12.8 Å². The van der Waals surface area contributed by atoms with Crippen LogP contribution in [0.5, 0.6) is 0 Å². The molecule has 1 fully saturated rings. The summed E-state index contributed by atoms with van der Waals surface area (Å²) in [5.74, 6) is 2.01. The Hall–Kier alpha value is -0.0500. The van der Waals surface area contributed by atoms with Crippen molar-refractivity contribution in [1.82, 2.24) is 10.6 Å². The number of sulfone groups is 1. The zero-order valence-electron chi connectivity index (χ0n) is 13.4. The maximum Gasteiger partial charge on any atom is 0.191 e. The monoisotopic (exact) mass is 431 g/mol. The molecule has 2 N–H and O–H groups in total. The van der Waals surface area contributed by atoms with Crippen LogP contribution < -0.4 is 10.6 Å². The second kappa shape index (κ2) is 10.6. The summed E-state index contributed by atoms with van der Waals surface area (Å²) in [6, 6.07) is 0.00784. The molecule has 126 valence electrons. The molecule has 0 aliphatic carbocycles. The first-order chi connectivity index (χ1) is 9.43. The predicted molar refractivity (Wildman–Crippen MR) is 100 cm³/mol. The van der Waals surface area contributed by atoms with Gasteiger partial charge in [0.2, 0.25) is 0 Å². The van der Waals surface area contributed by atoms with Crippen LogP contribution in [-0.2, 0) is 9.84 Å². The van der Waals surface area contributed by atoms with Crippen LogP contribution in [0.4, 0.5) is 0 Å². The highest BCUT2D eigenvalue weighted by Gasteiger charge is 2.28. The van der Waals surface area contributed by atoms with Crippen LogP contribution in [0.1, 0.15) is 46.5 Å². The Kier molecular flexibility index (Phi) is 10.6. The molecule has 1 rings (SSSR count). The number of guanidine groups is 1. The first kappa shape index (κ1) is 20.9. The molecule has 0 bridgehead atoms. The summed E-state index contributed by atoms with van der Waals surface area (Å²) in [7, 11) is -2.84. The van der Waals surface area contributed by atoms with Crippen molar-refractivity contribution >= 4 is 39.8 Å². The molecule has 1 aliphatic heterocycles. The highest BCUT2D eigenvalue weighted by Crippen LogP contribution is 2.11. The number of rotatable bonds is 7. The molecular formula is C14H30IN3O2S. The van der Waals surface area contributed by atoms with Crippen molar-refractivity contribution in [2.24, 2.45) is 10.9 Å². The van der Waals surface area contributed by atoms with Crippen molar-refractivity contribution in [3.8, 4) is 0 Å². The third kappa shape index (κ3) is 9.55. The number of unbranched alkanes of at least 4 members (excludes halogenated alkanes) is 1. The zero-order chi connectivity index (χ0) is 15.0. The Labute approximate surface area is 146 Å². The van der Waals surface area contributed by atoms with Gasteiger partial charge < -0.3 is 10.6 Å². The Balaban J connectivity index is 0.00000400. The second-order valence-corrected chi connectivity index (χ2v) is 8.12. The molecule has 0 spiro atoms. The fourth-order valence-electron chi connectivity index (χ4n) is 2.28. The van der Waals surface area contributed by atoms with Crippen molar-refractivity contribution in [3.63, 3.8) is 0 Å². The molecular weight excluding hydrogens is 401 g/mol. The molecule has 0 amide bonds. The number of halogens is 1. The summed E-state index contributed by atoms with van der Waals surface area (Å²) in [5, 5.41) is 6.41. The Bertz CT molecular complexity index is 410. The molecule has 1 heterocycles. The molecule has 7 heteroatoms. The molecule has 1 unspecified atom stereocenters. The molecule has 1 aliphatic rings. The predicted octanol–water partition coefficient (Wildman–Crippen LogP) is 2.17. The lowest BCUT2D eigenvalue weighted by Crippen LogP contribution is -2.44. The highest BCUT2D eigenvalue weighted by atomic mass is 127. The lowest BCUT2D eigenvalue weighted by atomic mass is 10.1. The van der Waals surface area contributed by atoms with E-state index in [4.69, 9.17) is 0 Å². The molecule has 0 aromatic rings. The zero-order valence-corrected chi connectivity index (χ0v) is 16.5. The number of hydrogen-bond acceptors (Lipinski definition) is 3. The van der Waals surface area contributed by atoms with Gasteiger partial charge in [-0.2, -0.15) is 0 Å². The Morgan fingerprint density at radius 3 is 2.57 bits per heavy atom. The van der Waals surface area contributed by atoms with Gasteiger partial charge in [0.15, 0.2) is 15.8 Å². The fraction of sp³-hybridized carbons (Fsp3) is 0.929. The van der Waals surface area contributed by atoms with E-state index in [0.717, 1.165) is 31.4 Å². The van der Waals surface area contributed by atoms with Gasteiger partial charge in [-0.3, -0.25) is 4.99 Å². The van der Waals surface area contributed by atoms with E-state index in [2.05, 4.69) is 29.5 Å². The SMILES string of the molecule is CCNC(=NCCCCC(C)C)NC1CCS(=O)(=O)C1.I.